The molecule has 0 aliphatic carbocycles. The molecular weight excluding hydrogens is 372 g/mol. The van der Waals surface area contributed by atoms with Crippen LogP contribution in [0.4, 0.5) is 10.1 Å². The maximum absolute atomic E-state index is 13.2. The van der Waals surface area contributed by atoms with E-state index in [9.17, 15) is 9.18 Å². The summed E-state index contributed by atoms with van der Waals surface area (Å²) in [6.45, 7) is 0.357. The van der Waals surface area contributed by atoms with Gasteiger partial charge in [-0.25, -0.2) is 4.39 Å². The van der Waals surface area contributed by atoms with E-state index in [0.717, 1.165) is 14.8 Å². The SMILES string of the molecule is O=C1COc2cc(I)ccc2N1Cc1cccc(F)c1. The molecule has 20 heavy (non-hydrogen) atoms. The van der Waals surface area contributed by atoms with Crippen LogP contribution < -0.4 is 9.64 Å². The number of fused-ring (bicyclic) bond motifs is 1. The molecule has 1 heterocycles. The maximum Gasteiger partial charge on any atom is 0.265 e. The van der Waals surface area contributed by atoms with Crippen molar-refractivity contribution in [3.8, 4) is 5.75 Å². The topological polar surface area (TPSA) is 29.5 Å². The second-order valence-electron chi connectivity index (χ2n) is 4.51. The van der Waals surface area contributed by atoms with Gasteiger partial charge in [-0.1, -0.05) is 12.1 Å². The molecule has 0 saturated carbocycles. The second-order valence-corrected chi connectivity index (χ2v) is 5.76. The monoisotopic (exact) mass is 383 g/mol. The first-order valence-corrected chi connectivity index (χ1v) is 7.18. The molecule has 1 aliphatic heterocycles. The third kappa shape index (κ3) is 2.63. The predicted octanol–water partition coefficient (Wildman–Crippen LogP) is 3.36. The van der Waals surface area contributed by atoms with Crippen LogP contribution in [0.3, 0.4) is 0 Å². The van der Waals surface area contributed by atoms with E-state index in [1.54, 1.807) is 17.0 Å². The zero-order valence-electron chi connectivity index (χ0n) is 10.5. The van der Waals surface area contributed by atoms with Crippen molar-refractivity contribution in [3.05, 3.63) is 57.4 Å². The van der Waals surface area contributed by atoms with Crippen LogP contribution in [0.5, 0.6) is 5.75 Å². The van der Waals surface area contributed by atoms with Gasteiger partial charge in [0.25, 0.3) is 5.91 Å². The molecule has 0 spiro atoms. The van der Waals surface area contributed by atoms with Crippen molar-refractivity contribution in [1.29, 1.82) is 0 Å². The van der Waals surface area contributed by atoms with Gasteiger partial charge in [0.15, 0.2) is 6.61 Å². The van der Waals surface area contributed by atoms with Gasteiger partial charge >= 0.3 is 0 Å². The highest BCUT2D eigenvalue weighted by atomic mass is 127. The van der Waals surface area contributed by atoms with E-state index < -0.39 is 0 Å². The Bertz CT molecular complexity index is 675. The number of halogens is 2. The van der Waals surface area contributed by atoms with Gasteiger partial charge in [0.2, 0.25) is 0 Å². The summed E-state index contributed by atoms with van der Waals surface area (Å²) in [5.74, 6) is 0.266. The minimum atomic E-state index is -0.300. The van der Waals surface area contributed by atoms with Gasteiger partial charge in [0, 0.05) is 3.57 Å². The van der Waals surface area contributed by atoms with Crippen molar-refractivity contribution in [3.63, 3.8) is 0 Å². The summed E-state index contributed by atoms with van der Waals surface area (Å²) >= 11 is 2.19. The van der Waals surface area contributed by atoms with E-state index in [2.05, 4.69) is 22.6 Å². The van der Waals surface area contributed by atoms with Crippen molar-refractivity contribution in [2.75, 3.05) is 11.5 Å². The van der Waals surface area contributed by atoms with Crippen LogP contribution in [-0.4, -0.2) is 12.5 Å². The van der Waals surface area contributed by atoms with E-state index in [4.69, 9.17) is 4.74 Å². The molecule has 0 unspecified atom stereocenters. The molecule has 2 aromatic rings. The molecule has 0 atom stereocenters. The average molecular weight is 383 g/mol. The van der Waals surface area contributed by atoms with Gasteiger partial charge in [-0.15, -0.1) is 0 Å². The summed E-state index contributed by atoms with van der Waals surface area (Å²) in [7, 11) is 0. The number of carbonyl (C=O) groups is 1. The maximum atomic E-state index is 13.2. The summed E-state index contributed by atoms with van der Waals surface area (Å²) in [4.78, 5) is 13.7. The number of nitrogens with zero attached hydrogens (tertiary/aromatic N) is 1. The van der Waals surface area contributed by atoms with E-state index >= 15 is 0 Å². The quantitative estimate of drug-likeness (QED) is 0.745. The highest BCUT2D eigenvalue weighted by molar-refractivity contribution is 14.1. The van der Waals surface area contributed by atoms with Gasteiger partial charge in [-0.2, -0.15) is 0 Å². The van der Waals surface area contributed by atoms with E-state index in [0.29, 0.717) is 12.3 Å². The third-order valence-electron chi connectivity index (χ3n) is 3.09. The fourth-order valence-corrected chi connectivity index (χ4v) is 2.63. The van der Waals surface area contributed by atoms with Crippen LogP contribution >= 0.6 is 22.6 Å². The summed E-state index contributed by atoms with van der Waals surface area (Å²) in [5.41, 5.74) is 1.48. The molecule has 1 aliphatic rings. The molecule has 2 aromatic carbocycles. The molecule has 3 nitrogen and oxygen atoms in total. The normalized spacial score (nSPS) is 13.9. The lowest BCUT2D eigenvalue weighted by Gasteiger charge is -2.29. The van der Waals surface area contributed by atoms with Crippen LogP contribution in [0.25, 0.3) is 0 Å². The number of hydrogen-bond donors (Lipinski definition) is 0. The Kier molecular flexibility index (Phi) is 3.60. The Hall–Kier alpha value is -1.63. The average Bonchev–Trinajstić information content (AvgIpc) is 2.42. The largest absolute Gasteiger partial charge is 0.482 e. The Labute approximate surface area is 129 Å². The van der Waals surface area contributed by atoms with E-state index in [-0.39, 0.29) is 18.3 Å². The number of amides is 1. The standard InChI is InChI=1S/C15H11FINO2/c16-11-3-1-2-10(6-11)8-18-13-5-4-12(17)7-14(13)20-9-15(18)19/h1-7H,8-9H2. The van der Waals surface area contributed by atoms with Gasteiger partial charge < -0.3 is 9.64 Å². The predicted molar refractivity (Wildman–Crippen MR) is 82.2 cm³/mol. The van der Waals surface area contributed by atoms with Crippen molar-refractivity contribution < 1.29 is 13.9 Å². The molecule has 0 saturated heterocycles. The van der Waals surface area contributed by atoms with Crippen LogP contribution in [0.15, 0.2) is 42.5 Å². The lowest BCUT2D eigenvalue weighted by Crippen LogP contribution is -2.38. The Morgan fingerprint density at radius 1 is 1.25 bits per heavy atom. The second kappa shape index (κ2) is 5.40. The first kappa shape index (κ1) is 13.4. The van der Waals surface area contributed by atoms with Gasteiger partial charge in [-0.05, 0) is 58.5 Å². The molecule has 102 valence electrons. The minimum absolute atomic E-state index is 0.0163. The van der Waals surface area contributed by atoms with Crippen LogP contribution in [0, 0.1) is 9.39 Å². The molecule has 0 radical (unpaired) electrons. The van der Waals surface area contributed by atoms with Gasteiger partial charge in [0.05, 0.1) is 12.2 Å². The molecule has 0 aromatic heterocycles. The zero-order valence-corrected chi connectivity index (χ0v) is 12.6. The number of benzene rings is 2. The fourth-order valence-electron chi connectivity index (χ4n) is 2.17. The Morgan fingerprint density at radius 3 is 2.90 bits per heavy atom. The Balaban J connectivity index is 1.95. The highest BCUT2D eigenvalue weighted by Gasteiger charge is 2.25. The van der Waals surface area contributed by atoms with Crippen LogP contribution in [-0.2, 0) is 11.3 Å². The molecule has 5 heteroatoms. The number of hydrogen-bond acceptors (Lipinski definition) is 2. The van der Waals surface area contributed by atoms with Gasteiger partial charge in [0.1, 0.15) is 11.6 Å². The van der Waals surface area contributed by atoms with E-state index in [1.165, 1.54) is 12.1 Å². The van der Waals surface area contributed by atoms with Crippen LogP contribution in [0.2, 0.25) is 0 Å². The lowest BCUT2D eigenvalue weighted by molar-refractivity contribution is -0.121. The van der Waals surface area contributed by atoms with E-state index in [1.807, 2.05) is 18.2 Å². The Morgan fingerprint density at radius 2 is 2.10 bits per heavy atom. The molecule has 0 fully saturated rings. The molecular formula is C15H11FINO2. The lowest BCUT2D eigenvalue weighted by atomic mass is 10.1. The van der Waals surface area contributed by atoms with Crippen molar-refractivity contribution in [2.24, 2.45) is 0 Å². The number of anilines is 1. The van der Waals surface area contributed by atoms with Crippen molar-refractivity contribution >= 4 is 34.2 Å². The molecule has 0 bridgehead atoms. The number of rotatable bonds is 2. The highest BCUT2D eigenvalue weighted by Crippen LogP contribution is 2.34. The molecule has 3 rings (SSSR count). The van der Waals surface area contributed by atoms with Crippen molar-refractivity contribution in [1.82, 2.24) is 0 Å². The van der Waals surface area contributed by atoms with Crippen molar-refractivity contribution in [2.45, 2.75) is 6.54 Å². The zero-order chi connectivity index (χ0) is 14.1. The van der Waals surface area contributed by atoms with Crippen LogP contribution in [0.1, 0.15) is 5.56 Å². The molecule has 0 N–H and O–H groups in total. The minimum Gasteiger partial charge on any atom is -0.482 e. The summed E-state index contributed by atoms with van der Waals surface area (Å²) in [6, 6.07) is 11.9. The summed E-state index contributed by atoms with van der Waals surface area (Å²) in [6.07, 6.45) is 0. The number of ether oxygens (including phenoxy) is 1. The first-order valence-electron chi connectivity index (χ1n) is 6.10. The van der Waals surface area contributed by atoms with Gasteiger partial charge in [-0.3, -0.25) is 4.79 Å². The fraction of sp³-hybridized carbons (Fsp3) is 0.133. The number of carbonyl (C=O) groups excluding carboxylic acids is 1. The summed E-state index contributed by atoms with van der Waals surface area (Å²) in [5, 5.41) is 0. The molecule has 1 amide bonds. The smallest absolute Gasteiger partial charge is 0.265 e. The first-order chi connectivity index (χ1) is 9.63. The third-order valence-corrected chi connectivity index (χ3v) is 3.77. The summed E-state index contributed by atoms with van der Waals surface area (Å²) < 4.78 is 19.7.